The first-order valence-electron chi connectivity index (χ1n) is 7.77. The number of nitrogens with zero attached hydrogens (tertiary/aromatic N) is 1. The summed E-state index contributed by atoms with van der Waals surface area (Å²) in [5.74, 6) is -0.193. The van der Waals surface area contributed by atoms with Gasteiger partial charge in [-0.3, -0.25) is 9.89 Å². The molecule has 1 unspecified atom stereocenters. The number of hydrogen-bond donors (Lipinski definition) is 3. The standard InChI is InChI=1S/C18H19N3O2S/c22-11-14(8-13-6-7-24-12-13)9-19-18(23)16-10-20-21-17(16)15-4-2-1-3-5-15/h1-7,10,12,14,22H,8-9,11H2,(H,19,23)(H,20,21). The summed E-state index contributed by atoms with van der Waals surface area (Å²) in [5.41, 5.74) is 3.30. The Balaban J connectivity index is 1.64. The van der Waals surface area contributed by atoms with Crippen molar-refractivity contribution in [3.8, 4) is 11.3 Å². The Morgan fingerprint density at radius 1 is 1.29 bits per heavy atom. The summed E-state index contributed by atoms with van der Waals surface area (Å²) < 4.78 is 0. The molecule has 6 heteroatoms. The number of benzene rings is 1. The summed E-state index contributed by atoms with van der Waals surface area (Å²) in [5, 5.41) is 23.4. The number of rotatable bonds is 7. The van der Waals surface area contributed by atoms with Crippen LogP contribution >= 0.6 is 11.3 Å². The number of thiophene rings is 1. The minimum absolute atomic E-state index is 0.00405. The highest BCUT2D eigenvalue weighted by Crippen LogP contribution is 2.20. The number of amides is 1. The van der Waals surface area contributed by atoms with Crippen LogP contribution in [0.25, 0.3) is 11.3 Å². The summed E-state index contributed by atoms with van der Waals surface area (Å²) in [6, 6.07) is 11.7. The number of aliphatic hydroxyl groups excluding tert-OH is 1. The summed E-state index contributed by atoms with van der Waals surface area (Å²) in [4.78, 5) is 12.5. The zero-order valence-corrected chi connectivity index (χ0v) is 13.9. The maximum atomic E-state index is 12.5. The third-order valence-electron chi connectivity index (χ3n) is 3.86. The van der Waals surface area contributed by atoms with E-state index in [4.69, 9.17) is 0 Å². The van der Waals surface area contributed by atoms with Gasteiger partial charge < -0.3 is 10.4 Å². The van der Waals surface area contributed by atoms with Crippen LogP contribution < -0.4 is 5.32 Å². The summed E-state index contributed by atoms with van der Waals surface area (Å²) >= 11 is 1.63. The highest BCUT2D eigenvalue weighted by atomic mass is 32.1. The van der Waals surface area contributed by atoms with Gasteiger partial charge >= 0.3 is 0 Å². The Kier molecular flexibility index (Phi) is 5.40. The van der Waals surface area contributed by atoms with Crippen molar-refractivity contribution in [2.24, 2.45) is 5.92 Å². The van der Waals surface area contributed by atoms with Crippen LogP contribution in [0, 0.1) is 5.92 Å². The number of aromatic amines is 1. The molecule has 0 aliphatic rings. The lowest BCUT2D eigenvalue weighted by Crippen LogP contribution is -2.31. The molecule has 0 aliphatic carbocycles. The van der Waals surface area contributed by atoms with Crippen molar-refractivity contribution in [3.05, 3.63) is 64.5 Å². The Morgan fingerprint density at radius 3 is 2.83 bits per heavy atom. The molecule has 2 aromatic heterocycles. The van der Waals surface area contributed by atoms with Crippen molar-refractivity contribution in [2.75, 3.05) is 13.2 Å². The molecule has 0 fully saturated rings. The Morgan fingerprint density at radius 2 is 2.12 bits per heavy atom. The van der Waals surface area contributed by atoms with Crippen LogP contribution in [0.4, 0.5) is 0 Å². The number of hydrogen-bond acceptors (Lipinski definition) is 4. The molecule has 124 valence electrons. The SMILES string of the molecule is O=C(NCC(CO)Cc1ccsc1)c1cn[nH]c1-c1ccccc1. The first kappa shape index (κ1) is 16.4. The molecule has 3 N–H and O–H groups in total. The zero-order valence-electron chi connectivity index (χ0n) is 13.1. The van der Waals surface area contributed by atoms with Gasteiger partial charge in [0.2, 0.25) is 0 Å². The fraction of sp³-hybridized carbons (Fsp3) is 0.222. The highest BCUT2D eigenvalue weighted by Gasteiger charge is 2.17. The second kappa shape index (κ2) is 7.90. The van der Waals surface area contributed by atoms with Crippen LogP contribution in [0.5, 0.6) is 0 Å². The number of H-pyrrole nitrogens is 1. The van der Waals surface area contributed by atoms with Crippen molar-refractivity contribution in [1.29, 1.82) is 0 Å². The van der Waals surface area contributed by atoms with Crippen molar-refractivity contribution in [3.63, 3.8) is 0 Å². The van der Waals surface area contributed by atoms with Gasteiger partial charge in [0.25, 0.3) is 5.91 Å². The second-order valence-corrected chi connectivity index (χ2v) is 6.40. The van der Waals surface area contributed by atoms with E-state index in [0.29, 0.717) is 17.8 Å². The highest BCUT2D eigenvalue weighted by molar-refractivity contribution is 7.07. The lowest BCUT2D eigenvalue weighted by Gasteiger charge is -2.14. The normalized spacial score (nSPS) is 12.0. The van der Waals surface area contributed by atoms with Gasteiger partial charge in [0.05, 0.1) is 17.5 Å². The number of carbonyl (C=O) groups is 1. The first-order valence-corrected chi connectivity index (χ1v) is 8.71. The molecule has 5 nitrogen and oxygen atoms in total. The molecular weight excluding hydrogens is 322 g/mol. The van der Waals surface area contributed by atoms with Crippen LogP contribution in [0.3, 0.4) is 0 Å². The molecule has 1 aromatic carbocycles. The Bertz CT molecular complexity index is 769. The van der Waals surface area contributed by atoms with E-state index in [1.165, 1.54) is 11.8 Å². The van der Waals surface area contributed by atoms with Gasteiger partial charge in [0.1, 0.15) is 0 Å². The largest absolute Gasteiger partial charge is 0.396 e. The molecule has 2 heterocycles. The van der Waals surface area contributed by atoms with Gasteiger partial charge in [-0.15, -0.1) is 0 Å². The average molecular weight is 341 g/mol. The smallest absolute Gasteiger partial charge is 0.255 e. The molecule has 0 saturated carbocycles. The third kappa shape index (κ3) is 3.90. The van der Waals surface area contributed by atoms with E-state index in [1.807, 2.05) is 41.8 Å². The van der Waals surface area contributed by atoms with Crippen LogP contribution in [0.1, 0.15) is 15.9 Å². The third-order valence-corrected chi connectivity index (χ3v) is 4.59. The fourth-order valence-electron chi connectivity index (χ4n) is 2.56. The summed E-state index contributed by atoms with van der Waals surface area (Å²) in [6.45, 7) is 0.456. The molecule has 0 bridgehead atoms. The molecule has 24 heavy (non-hydrogen) atoms. The lowest BCUT2D eigenvalue weighted by atomic mass is 10.0. The number of carbonyl (C=O) groups excluding carboxylic acids is 1. The summed E-state index contributed by atoms with van der Waals surface area (Å²) in [7, 11) is 0. The van der Waals surface area contributed by atoms with Crippen LogP contribution in [-0.4, -0.2) is 34.4 Å². The Hall–Kier alpha value is -2.44. The van der Waals surface area contributed by atoms with E-state index in [1.54, 1.807) is 11.3 Å². The van der Waals surface area contributed by atoms with Crippen LogP contribution in [-0.2, 0) is 6.42 Å². The molecule has 0 spiro atoms. The van der Waals surface area contributed by atoms with E-state index >= 15 is 0 Å². The number of aliphatic hydroxyl groups is 1. The fourth-order valence-corrected chi connectivity index (χ4v) is 3.24. The van der Waals surface area contributed by atoms with Crippen LogP contribution in [0.15, 0.2) is 53.4 Å². The molecule has 0 radical (unpaired) electrons. The maximum absolute atomic E-state index is 12.5. The van der Waals surface area contributed by atoms with E-state index in [9.17, 15) is 9.90 Å². The molecule has 3 aromatic rings. The van der Waals surface area contributed by atoms with Crippen molar-refractivity contribution < 1.29 is 9.90 Å². The van der Waals surface area contributed by atoms with E-state index in [2.05, 4.69) is 20.9 Å². The predicted octanol–water partition coefficient (Wildman–Crippen LogP) is 2.72. The molecule has 1 atom stereocenters. The van der Waals surface area contributed by atoms with Gasteiger partial charge in [-0.1, -0.05) is 30.3 Å². The quantitative estimate of drug-likeness (QED) is 0.618. The minimum Gasteiger partial charge on any atom is -0.396 e. The van der Waals surface area contributed by atoms with Gasteiger partial charge in [0, 0.05) is 24.6 Å². The predicted molar refractivity (Wildman–Crippen MR) is 95.0 cm³/mol. The van der Waals surface area contributed by atoms with Gasteiger partial charge in [-0.2, -0.15) is 16.4 Å². The van der Waals surface area contributed by atoms with Crippen LogP contribution in [0.2, 0.25) is 0 Å². The second-order valence-electron chi connectivity index (χ2n) is 5.62. The topological polar surface area (TPSA) is 78.0 Å². The van der Waals surface area contributed by atoms with Gasteiger partial charge in [-0.05, 0) is 28.8 Å². The molecule has 1 amide bonds. The Labute approximate surface area is 144 Å². The average Bonchev–Trinajstić information content (AvgIpc) is 3.30. The maximum Gasteiger partial charge on any atom is 0.255 e. The van der Waals surface area contributed by atoms with Crippen molar-refractivity contribution >= 4 is 17.2 Å². The van der Waals surface area contributed by atoms with E-state index in [0.717, 1.165) is 12.0 Å². The van der Waals surface area contributed by atoms with Gasteiger partial charge in [0.15, 0.2) is 0 Å². The molecular formula is C18H19N3O2S. The zero-order chi connectivity index (χ0) is 16.8. The van der Waals surface area contributed by atoms with E-state index in [-0.39, 0.29) is 18.4 Å². The lowest BCUT2D eigenvalue weighted by molar-refractivity contribution is 0.0940. The minimum atomic E-state index is -0.189. The van der Waals surface area contributed by atoms with Gasteiger partial charge in [-0.25, -0.2) is 0 Å². The molecule has 0 saturated heterocycles. The monoisotopic (exact) mass is 341 g/mol. The number of aromatic nitrogens is 2. The summed E-state index contributed by atoms with van der Waals surface area (Å²) in [6.07, 6.45) is 2.28. The number of nitrogens with one attached hydrogen (secondary N) is 2. The molecule has 3 rings (SSSR count). The van der Waals surface area contributed by atoms with Crippen molar-refractivity contribution in [2.45, 2.75) is 6.42 Å². The van der Waals surface area contributed by atoms with Crippen molar-refractivity contribution in [1.82, 2.24) is 15.5 Å². The molecule has 0 aliphatic heterocycles. The first-order chi connectivity index (χ1) is 11.8. The van der Waals surface area contributed by atoms with E-state index < -0.39 is 0 Å².